The molecular weight excluding hydrogens is 472 g/mol. The fraction of sp³-hybridized carbons (Fsp3) is 0.156. The number of carbonyl (C=O) groups is 1. The van der Waals surface area contributed by atoms with Gasteiger partial charge in [-0.3, -0.25) is 0 Å². The van der Waals surface area contributed by atoms with E-state index in [2.05, 4.69) is 54.0 Å². The monoisotopic (exact) mass is 502 g/mol. The maximum atomic E-state index is 11.5. The lowest BCUT2D eigenvalue weighted by Gasteiger charge is -2.14. The Balaban J connectivity index is 1.24. The number of hydrogen-bond donors (Lipinski definition) is 1. The molecule has 0 unspecified atom stereocenters. The van der Waals surface area contributed by atoms with Crippen LogP contribution in [0.3, 0.4) is 0 Å². The van der Waals surface area contributed by atoms with Gasteiger partial charge in [0.15, 0.2) is 0 Å². The Morgan fingerprint density at radius 2 is 1.68 bits per heavy atom. The zero-order valence-electron chi connectivity index (χ0n) is 21.8. The van der Waals surface area contributed by atoms with Gasteiger partial charge in [0.05, 0.1) is 28.6 Å². The number of aromatic nitrogens is 2. The van der Waals surface area contributed by atoms with Crippen molar-refractivity contribution in [1.29, 1.82) is 0 Å². The molecule has 0 aliphatic carbocycles. The molecule has 0 saturated heterocycles. The second kappa shape index (κ2) is 10.7. The summed E-state index contributed by atoms with van der Waals surface area (Å²) in [4.78, 5) is 23.1. The maximum absolute atomic E-state index is 11.5. The smallest absolute Gasteiger partial charge is 0.335 e. The average molecular weight is 503 g/mol. The van der Waals surface area contributed by atoms with Crippen LogP contribution in [-0.4, -0.2) is 38.9 Å². The summed E-state index contributed by atoms with van der Waals surface area (Å²) in [5, 5.41) is 9.42. The van der Waals surface area contributed by atoms with Crippen LogP contribution >= 0.6 is 0 Å². The number of fused-ring (bicyclic) bond motifs is 1. The van der Waals surface area contributed by atoms with E-state index < -0.39 is 5.97 Å². The predicted octanol–water partition coefficient (Wildman–Crippen LogP) is 6.63. The van der Waals surface area contributed by atoms with Crippen molar-refractivity contribution >= 4 is 29.0 Å². The summed E-state index contributed by atoms with van der Waals surface area (Å²) < 4.78 is 2.12. The molecule has 0 atom stereocenters. The molecule has 0 fully saturated rings. The Hall–Kier alpha value is -4.71. The minimum absolute atomic E-state index is 0.351. The highest BCUT2D eigenvalue weighted by atomic mass is 16.4. The van der Waals surface area contributed by atoms with Gasteiger partial charge in [-0.25, -0.2) is 14.8 Å². The summed E-state index contributed by atoms with van der Waals surface area (Å²) in [5.41, 5.74) is 8.58. The van der Waals surface area contributed by atoms with E-state index in [4.69, 9.17) is 9.98 Å². The molecule has 6 nitrogen and oxygen atoms in total. The largest absolute Gasteiger partial charge is 0.478 e. The van der Waals surface area contributed by atoms with Gasteiger partial charge in [0.1, 0.15) is 5.82 Å². The van der Waals surface area contributed by atoms with Crippen LogP contribution in [-0.2, 0) is 20.0 Å². The number of hydrogen-bond acceptors (Lipinski definition) is 3. The summed E-state index contributed by atoms with van der Waals surface area (Å²) in [6, 6.07) is 29.8. The average Bonchev–Trinajstić information content (AvgIpc) is 3.25. The van der Waals surface area contributed by atoms with E-state index in [1.807, 2.05) is 61.7 Å². The Bertz CT molecular complexity index is 1630. The van der Waals surface area contributed by atoms with Gasteiger partial charge in [-0.1, -0.05) is 54.6 Å². The summed E-state index contributed by atoms with van der Waals surface area (Å²) in [6.07, 6.45) is 2.44. The van der Waals surface area contributed by atoms with Gasteiger partial charge in [-0.15, -0.1) is 0 Å². The molecule has 0 spiro atoms. The number of aliphatic imine (C=N–C) groups is 1. The van der Waals surface area contributed by atoms with E-state index in [0.29, 0.717) is 18.5 Å². The van der Waals surface area contributed by atoms with Crippen molar-refractivity contribution in [1.82, 2.24) is 14.5 Å². The molecule has 1 heterocycles. The Labute approximate surface area is 222 Å². The zero-order chi connectivity index (χ0) is 26.6. The fourth-order valence-electron chi connectivity index (χ4n) is 4.70. The lowest BCUT2D eigenvalue weighted by atomic mass is 9.99. The van der Waals surface area contributed by atoms with Crippen molar-refractivity contribution in [2.24, 2.45) is 12.0 Å². The van der Waals surface area contributed by atoms with Crippen LogP contribution in [0.25, 0.3) is 22.4 Å². The molecule has 0 aliphatic rings. The molecule has 38 heavy (non-hydrogen) atoms. The number of carboxylic acids is 1. The van der Waals surface area contributed by atoms with Gasteiger partial charge in [-0.2, -0.15) is 0 Å². The summed E-state index contributed by atoms with van der Waals surface area (Å²) in [5.74, 6) is 0.0463. The molecule has 5 rings (SSSR count). The third-order valence-corrected chi connectivity index (χ3v) is 6.73. The highest BCUT2D eigenvalue weighted by molar-refractivity contribution is 5.89. The number of benzene rings is 4. The van der Waals surface area contributed by atoms with Crippen LogP contribution in [0, 0.1) is 6.92 Å². The van der Waals surface area contributed by atoms with Gasteiger partial charge >= 0.3 is 5.97 Å². The molecule has 4 aromatic carbocycles. The molecule has 1 N–H and O–H groups in total. The molecule has 0 saturated carbocycles. The molecule has 1 aromatic heterocycles. The lowest BCUT2D eigenvalue weighted by molar-refractivity contribution is 0.0696. The van der Waals surface area contributed by atoms with Crippen LogP contribution in [0.2, 0.25) is 0 Å². The summed E-state index contributed by atoms with van der Waals surface area (Å²) in [6.45, 7) is 2.78. The lowest BCUT2D eigenvalue weighted by Crippen LogP contribution is -2.15. The van der Waals surface area contributed by atoms with Crippen molar-refractivity contribution in [2.45, 2.75) is 19.9 Å². The summed E-state index contributed by atoms with van der Waals surface area (Å²) in [7, 11) is 4.05. The predicted molar refractivity (Wildman–Crippen MR) is 153 cm³/mol. The van der Waals surface area contributed by atoms with E-state index >= 15 is 0 Å². The molecule has 6 heteroatoms. The Morgan fingerprint density at radius 1 is 0.974 bits per heavy atom. The van der Waals surface area contributed by atoms with Crippen LogP contribution in [0.15, 0.2) is 96.0 Å². The maximum Gasteiger partial charge on any atom is 0.335 e. The standard InChI is InChI=1S/C32H30N4O2/c1-22-18-26(31-34-29-10-6-7-11-30(29)36(31)3)16-17-28(22)33-21-35(2)20-24-14-12-23(13-15-24)19-25-8-4-5-9-27(25)32(37)38/h4-18,21H,19-20H2,1-3H3,(H,37,38). The molecule has 5 aromatic rings. The minimum Gasteiger partial charge on any atom is -0.478 e. The van der Waals surface area contributed by atoms with Crippen molar-refractivity contribution in [3.63, 3.8) is 0 Å². The zero-order valence-corrected chi connectivity index (χ0v) is 21.8. The van der Waals surface area contributed by atoms with Gasteiger partial charge in [0, 0.05) is 26.2 Å². The number of carboxylic acid groups (broad SMARTS) is 1. The second-order valence-corrected chi connectivity index (χ2v) is 9.60. The van der Waals surface area contributed by atoms with Gasteiger partial charge in [-0.05, 0) is 72.0 Å². The number of aromatic carboxylic acids is 1. The fourth-order valence-corrected chi connectivity index (χ4v) is 4.70. The van der Waals surface area contributed by atoms with Gasteiger partial charge in [0.25, 0.3) is 0 Å². The quantitative estimate of drug-likeness (QED) is 0.191. The van der Waals surface area contributed by atoms with Crippen LogP contribution in [0.4, 0.5) is 5.69 Å². The van der Waals surface area contributed by atoms with Crippen LogP contribution in [0.1, 0.15) is 32.6 Å². The third kappa shape index (κ3) is 5.34. The second-order valence-electron chi connectivity index (χ2n) is 9.60. The van der Waals surface area contributed by atoms with Gasteiger partial charge in [0.2, 0.25) is 0 Å². The highest BCUT2D eigenvalue weighted by Gasteiger charge is 2.11. The minimum atomic E-state index is -0.895. The molecule has 0 amide bonds. The Kier molecular flexibility index (Phi) is 7.05. The van der Waals surface area contributed by atoms with Crippen molar-refractivity contribution in [3.8, 4) is 11.4 Å². The number of rotatable bonds is 8. The number of imidazole rings is 1. The SMILES string of the molecule is Cc1cc(-c2nc3ccccc3n2C)ccc1N=CN(C)Cc1ccc(Cc2ccccc2C(=O)O)cc1. The highest BCUT2D eigenvalue weighted by Crippen LogP contribution is 2.28. The Morgan fingerprint density at radius 3 is 2.42 bits per heavy atom. The molecule has 0 bridgehead atoms. The van der Waals surface area contributed by atoms with E-state index in [1.165, 1.54) is 0 Å². The van der Waals surface area contributed by atoms with Crippen LogP contribution < -0.4 is 0 Å². The van der Waals surface area contributed by atoms with E-state index in [1.54, 1.807) is 12.1 Å². The summed E-state index contributed by atoms with van der Waals surface area (Å²) >= 11 is 0. The first-order valence-electron chi connectivity index (χ1n) is 12.5. The number of para-hydroxylation sites is 2. The number of aryl methyl sites for hydroxylation is 2. The van der Waals surface area contributed by atoms with Crippen LogP contribution in [0.5, 0.6) is 0 Å². The van der Waals surface area contributed by atoms with Crippen molar-refractivity contribution in [3.05, 3.63) is 119 Å². The molecule has 190 valence electrons. The first-order valence-corrected chi connectivity index (χ1v) is 12.5. The first kappa shape index (κ1) is 25.0. The third-order valence-electron chi connectivity index (χ3n) is 6.73. The van der Waals surface area contributed by atoms with Crippen molar-refractivity contribution in [2.75, 3.05) is 7.05 Å². The first-order chi connectivity index (χ1) is 18.4. The van der Waals surface area contributed by atoms with E-state index in [0.717, 1.165) is 50.4 Å². The molecule has 0 radical (unpaired) electrons. The van der Waals surface area contributed by atoms with Crippen molar-refractivity contribution < 1.29 is 9.90 Å². The number of nitrogens with zero attached hydrogens (tertiary/aromatic N) is 4. The topological polar surface area (TPSA) is 70.7 Å². The normalized spacial score (nSPS) is 11.3. The molecular formula is C32H30N4O2. The van der Waals surface area contributed by atoms with E-state index in [9.17, 15) is 9.90 Å². The van der Waals surface area contributed by atoms with E-state index in [-0.39, 0.29) is 0 Å². The molecule has 0 aliphatic heterocycles. The van der Waals surface area contributed by atoms with Gasteiger partial charge < -0.3 is 14.6 Å².